The Morgan fingerprint density at radius 1 is 1.14 bits per heavy atom. The fourth-order valence-corrected chi connectivity index (χ4v) is 1.63. The zero-order valence-corrected chi connectivity index (χ0v) is 11.5. The molecule has 5 nitrogen and oxygen atoms in total. The van der Waals surface area contributed by atoms with E-state index < -0.39 is 19.1 Å². The van der Waals surface area contributed by atoms with Gasteiger partial charge in [0, 0.05) is 18.3 Å². The monoisotopic (exact) mass is 333 g/mol. The summed E-state index contributed by atoms with van der Waals surface area (Å²) in [5.41, 5.74) is -0.911. The number of hydrogen-bond acceptors (Lipinski definition) is 5. The molecule has 0 fully saturated rings. The average Bonchev–Trinajstić information content (AvgIpc) is 2.41. The molecule has 0 amide bonds. The van der Waals surface area contributed by atoms with E-state index in [1.54, 1.807) is 0 Å². The van der Waals surface area contributed by atoms with Crippen molar-refractivity contribution in [1.82, 2.24) is 4.98 Å². The van der Waals surface area contributed by atoms with Gasteiger partial charge in [0.2, 0.25) is 5.88 Å². The second kappa shape index (κ2) is 6.43. The molecule has 0 atom stereocenters. The van der Waals surface area contributed by atoms with Crippen LogP contribution in [0.5, 0.6) is 17.4 Å². The zero-order valence-electron chi connectivity index (χ0n) is 10.7. The first-order valence-electron chi connectivity index (χ1n) is 5.79. The molecule has 0 spiro atoms. The van der Waals surface area contributed by atoms with E-state index in [1.807, 2.05) is 0 Å². The second-order valence-electron chi connectivity index (χ2n) is 4.02. The van der Waals surface area contributed by atoms with Crippen molar-refractivity contribution in [2.75, 3.05) is 0 Å². The predicted octanol–water partition coefficient (Wildman–Crippen LogP) is 2.89. The minimum absolute atomic E-state index is 0.0343. The number of pyridine rings is 1. The van der Waals surface area contributed by atoms with Crippen LogP contribution in [0.1, 0.15) is 5.56 Å². The highest BCUT2D eigenvalue weighted by Crippen LogP contribution is 2.33. The van der Waals surface area contributed by atoms with Crippen molar-refractivity contribution < 1.29 is 32.6 Å². The van der Waals surface area contributed by atoms with Gasteiger partial charge in [0.1, 0.15) is 5.75 Å². The summed E-state index contributed by atoms with van der Waals surface area (Å²) in [6, 6.07) is 5.80. The van der Waals surface area contributed by atoms with E-state index in [2.05, 4.69) is 9.64 Å². The lowest BCUT2D eigenvalue weighted by atomic mass is 10.2. The third-order valence-corrected chi connectivity index (χ3v) is 2.73. The Morgan fingerprint density at radius 2 is 1.86 bits per heavy atom. The van der Waals surface area contributed by atoms with Crippen LogP contribution in [0, 0.1) is 0 Å². The van der Waals surface area contributed by atoms with Crippen LogP contribution in [0.15, 0.2) is 36.5 Å². The Bertz CT molecular complexity index is 652. The van der Waals surface area contributed by atoms with Gasteiger partial charge in [-0.05, 0) is 18.2 Å². The lowest BCUT2D eigenvalue weighted by Gasteiger charge is -2.11. The number of alkyl halides is 3. The quantitative estimate of drug-likeness (QED) is 0.842. The number of ether oxygens (including phenoxy) is 1. The SMILES string of the molecule is OB(O)Oc1ccc(Cl)c(Oc2ccc(C(F)(F)F)cn2)c1. The van der Waals surface area contributed by atoms with Crippen molar-refractivity contribution >= 4 is 18.9 Å². The molecule has 1 aromatic carbocycles. The number of hydrogen-bond donors (Lipinski definition) is 2. The summed E-state index contributed by atoms with van der Waals surface area (Å²) >= 11 is 5.87. The molecular weight excluding hydrogens is 325 g/mol. The van der Waals surface area contributed by atoms with E-state index in [4.69, 9.17) is 26.4 Å². The summed E-state index contributed by atoms with van der Waals surface area (Å²) in [4.78, 5) is 3.53. The number of aromatic nitrogens is 1. The molecule has 0 aliphatic rings. The first-order chi connectivity index (χ1) is 10.3. The van der Waals surface area contributed by atoms with Crippen molar-refractivity contribution in [3.05, 3.63) is 47.1 Å². The molecule has 0 radical (unpaired) electrons. The average molecular weight is 333 g/mol. The van der Waals surface area contributed by atoms with Gasteiger partial charge in [0.15, 0.2) is 5.75 Å². The van der Waals surface area contributed by atoms with Gasteiger partial charge in [-0.1, -0.05) is 11.6 Å². The van der Waals surface area contributed by atoms with Gasteiger partial charge in [0.25, 0.3) is 0 Å². The summed E-state index contributed by atoms with van der Waals surface area (Å²) < 4.78 is 47.1. The van der Waals surface area contributed by atoms with E-state index in [-0.39, 0.29) is 22.4 Å². The third-order valence-electron chi connectivity index (χ3n) is 2.42. The summed E-state index contributed by atoms with van der Waals surface area (Å²) in [7, 11) is -2.03. The van der Waals surface area contributed by atoms with E-state index in [9.17, 15) is 13.2 Å². The molecule has 0 saturated heterocycles. The number of benzene rings is 1. The van der Waals surface area contributed by atoms with Crippen LogP contribution in [-0.4, -0.2) is 22.4 Å². The molecule has 1 heterocycles. The Morgan fingerprint density at radius 3 is 2.41 bits per heavy atom. The maximum Gasteiger partial charge on any atom is 0.707 e. The fourth-order valence-electron chi connectivity index (χ4n) is 1.48. The van der Waals surface area contributed by atoms with Gasteiger partial charge >= 0.3 is 13.5 Å². The molecule has 1 aromatic heterocycles. The molecule has 2 rings (SSSR count). The third kappa shape index (κ3) is 4.26. The van der Waals surface area contributed by atoms with Crippen LogP contribution in [0.3, 0.4) is 0 Å². The molecule has 0 saturated carbocycles. The molecule has 2 N–H and O–H groups in total. The minimum Gasteiger partial charge on any atom is -0.512 e. The topological polar surface area (TPSA) is 71.8 Å². The standard InChI is InChI=1S/C12H8BClF3NO4/c14-9-3-2-8(22-13(19)20)5-10(9)21-11-4-1-7(6-18-11)12(15,16)17/h1-6,19-20H. The van der Waals surface area contributed by atoms with Crippen LogP contribution in [0.2, 0.25) is 5.02 Å². The van der Waals surface area contributed by atoms with Gasteiger partial charge in [-0.2, -0.15) is 13.2 Å². The highest BCUT2D eigenvalue weighted by atomic mass is 35.5. The Balaban J connectivity index is 2.19. The molecule has 0 unspecified atom stereocenters. The molecule has 22 heavy (non-hydrogen) atoms. The lowest BCUT2D eigenvalue weighted by molar-refractivity contribution is -0.137. The van der Waals surface area contributed by atoms with Gasteiger partial charge < -0.3 is 19.4 Å². The lowest BCUT2D eigenvalue weighted by Crippen LogP contribution is -2.20. The summed E-state index contributed by atoms with van der Waals surface area (Å²) in [5.74, 6) is -0.0371. The molecule has 2 aromatic rings. The van der Waals surface area contributed by atoms with Gasteiger partial charge in [-0.15, -0.1) is 0 Å². The van der Waals surface area contributed by atoms with Crippen LogP contribution in [0.4, 0.5) is 13.2 Å². The minimum atomic E-state index is -4.49. The van der Waals surface area contributed by atoms with E-state index in [0.29, 0.717) is 6.20 Å². The van der Waals surface area contributed by atoms with Crippen LogP contribution in [0.25, 0.3) is 0 Å². The van der Waals surface area contributed by atoms with Crippen molar-refractivity contribution in [1.29, 1.82) is 0 Å². The Labute approximate surface area is 128 Å². The Hall–Kier alpha value is -1.97. The molecule has 10 heteroatoms. The van der Waals surface area contributed by atoms with Crippen LogP contribution < -0.4 is 9.39 Å². The predicted molar refractivity (Wildman–Crippen MR) is 71.6 cm³/mol. The molecular formula is C12H8BClF3NO4. The summed E-state index contributed by atoms with van der Waals surface area (Å²) in [5, 5.41) is 17.5. The number of rotatable bonds is 4. The fraction of sp³-hybridized carbons (Fsp3) is 0.0833. The van der Waals surface area contributed by atoms with E-state index >= 15 is 0 Å². The van der Waals surface area contributed by atoms with Crippen molar-refractivity contribution in [3.63, 3.8) is 0 Å². The van der Waals surface area contributed by atoms with Gasteiger partial charge in [0.05, 0.1) is 10.6 Å². The van der Waals surface area contributed by atoms with Crippen molar-refractivity contribution in [2.24, 2.45) is 0 Å². The smallest absolute Gasteiger partial charge is 0.512 e. The molecule has 0 aliphatic heterocycles. The molecule has 116 valence electrons. The second-order valence-corrected chi connectivity index (χ2v) is 4.43. The van der Waals surface area contributed by atoms with Gasteiger partial charge in [-0.25, -0.2) is 4.98 Å². The molecule has 0 bridgehead atoms. The number of nitrogens with zero attached hydrogens (tertiary/aromatic N) is 1. The van der Waals surface area contributed by atoms with E-state index in [0.717, 1.165) is 12.1 Å². The highest BCUT2D eigenvalue weighted by Gasteiger charge is 2.30. The largest absolute Gasteiger partial charge is 0.707 e. The van der Waals surface area contributed by atoms with Crippen molar-refractivity contribution in [2.45, 2.75) is 6.18 Å². The van der Waals surface area contributed by atoms with Crippen molar-refractivity contribution in [3.8, 4) is 17.4 Å². The van der Waals surface area contributed by atoms with Crippen LogP contribution in [-0.2, 0) is 6.18 Å². The Kier molecular flexibility index (Phi) is 4.79. The number of halogens is 4. The van der Waals surface area contributed by atoms with Crippen LogP contribution >= 0.6 is 11.6 Å². The zero-order chi connectivity index (χ0) is 16.3. The normalized spacial score (nSPS) is 11.2. The molecule has 0 aliphatic carbocycles. The summed E-state index contributed by atoms with van der Waals surface area (Å²) in [6.45, 7) is 0. The first kappa shape index (κ1) is 16.4. The van der Waals surface area contributed by atoms with Gasteiger partial charge in [-0.3, -0.25) is 0 Å². The maximum atomic E-state index is 12.4. The van der Waals surface area contributed by atoms with E-state index in [1.165, 1.54) is 18.2 Å². The first-order valence-corrected chi connectivity index (χ1v) is 6.17. The maximum absolute atomic E-state index is 12.4. The summed E-state index contributed by atoms with van der Waals surface area (Å²) in [6.07, 6.45) is -3.87. The highest BCUT2D eigenvalue weighted by molar-refractivity contribution is 6.34.